The van der Waals surface area contributed by atoms with Crippen LogP contribution in [0.2, 0.25) is 0 Å². The zero-order valence-corrected chi connectivity index (χ0v) is 19.5. The van der Waals surface area contributed by atoms with E-state index < -0.39 is 0 Å². The molecule has 0 unspecified atom stereocenters. The van der Waals surface area contributed by atoms with Crippen molar-refractivity contribution in [1.82, 2.24) is 15.2 Å². The monoisotopic (exact) mass is 457 g/mol. The second-order valence-electron chi connectivity index (χ2n) is 7.11. The Bertz CT molecular complexity index is 992. The SMILES string of the molecule is CCc1nnc(SCc2cc(N3CCOCC3)cc(NCc3cccc(OC)c3)n2)s1. The molecule has 3 aromatic rings. The minimum atomic E-state index is 0.680. The Kier molecular flexibility index (Phi) is 7.61. The first-order valence-electron chi connectivity index (χ1n) is 10.4. The normalized spacial score (nSPS) is 13.9. The highest BCUT2D eigenvalue weighted by atomic mass is 32.2. The molecule has 31 heavy (non-hydrogen) atoms. The van der Waals surface area contributed by atoms with Crippen molar-refractivity contribution in [2.75, 3.05) is 43.6 Å². The smallest absolute Gasteiger partial charge is 0.174 e. The quantitative estimate of drug-likeness (QED) is 0.478. The Morgan fingerprint density at radius 1 is 1.19 bits per heavy atom. The van der Waals surface area contributed by atoms with Gasteiger partial charge in [0.05, 0.1) is 26.0 Å². The molecule has 0 bridgehead atoms. The molecule has 1 N–H and O–H groups in total. The minimum absolute atomic E-state index is 0.680. The molecule has 0 amide bonds. The highest BCUT2D eigenvalue weighted by Crippen LogP contribution is 2.29. The average molecular weight is 458 g/mol. The number of nitrogens with one attached hydrogen (secondary N) is 1. The van der Waals surface area contributed by atoms with Crippen LogP contribution in [0, 0.1) is 0 Å². The van der Waals surface area contributed by atoms with Gasteiger partial charge in [-0.3, -0.25) is 0 Å². The van der Waals surface area contributed by atoms with Crippen molar-refractivity contribution in [3.63, 3.8) is 0 Å². The van der Waals surface area contributed by atoms with Gasteiger partial charge in [-0.1, -0.05) is 42.2 Å². The minimum Gasteiger partial charge on any atom is -0.497 e. The number of methoxy groups -OCH3 is 1. The summed E-state index contributed by atoms with van der Waals surface area (Å²) in [5.41, 5.74) is 3.35. The van der Waals surface area contributed by atoms with Crippen LogP contribution in [0.3, 0.4) is 0 Å². The van der Waals surface area contributed by atoms with Crippen LogP contribution in [-0.4, -0.2) is 48.6 Å². The van der Waals surface area contributed by atoms with Crippen LogP contribution in [-0.2, 0) is 23.5 Å². The number of aryl methyl sites for hydroxylation is 1. The highest BCUT2D eigenvalue weighted by Gasteiger charge is 2.14. The van der Waals surface area contributed by atoms with Crippen LogP contribution in [0.25, 0.3) is 0 Å². The fraction of sp³-hybridized carbons (Fsp3) is 0.409. The number of anilines is 2. The number of morpholine rings is 1. The third-order valence-corrected chi connectivity index (χ3v) is 7.18. The summed E-state index contributed by atoms with van der Waals surface area (Å²) in [5, 5.41) is 13.0. The maximum atomic E-state index is 5.52. The summed E-state index contributed by atoms with van der Waals surface area (Å²) in [7, 11) is 1.69. The highest BCUT2D eigenvalue weighted by molar-refractivity contribution is 8.00. The number of benzene rings is 1. The van der Waals surface area contributed by atoms with E-state index in [-0.39, 0.29) is 0 Å². The molecule has 1 aliphatic heterocycles. The molecule has 1 aliphatic rings. The largest absolute Gasteiger partial charge is 0.497 e. The van der Waals surface area contributed by atoms with Gasteiger partial charge in [-0.05, 0) is 30.2 Å². The molecule has 1 aromatic carbocycles. The molecule has 1 saturated heterocycles. The molecular formula is C22H27N5O2S2. The zero-order chi connectivity index (χ0) is 21.5. The molecule has 0 radical (unpaired) electrons. The third kappa shape index (κ3) is 6.09. The summed E-state index contributed by atoms with van der Waals surface area (Å²) in [4.78, 5) is 7.22. The molecule has 7 nitrogen and oxygen atoms in total. The van der Waals surface area contributed by atoms with E-state index in [1.807, 2.05) is 18.2 Å². The number of thioether (sulfide) groups is 1. The summed E-state index contributed by atoms with van der Waals surface area (Å²) in [6.07, 6.45) is 0.918. The summed E-state index contributed by atoms with van der Waals surface area (Å²) in [5.74, 6) is 2.48. The van der Waals surface area contributed by atoms with Crippen molar-refractivity contribution in [2.45, 2.75) is 30.0 Å². The van der Waals surface area contributed by atoms with Gasteiger partial charge in [-0.15, -0.1) is 10.2 Å². The predicted molar refractivity (Wildman–Crippen MR) is 126 cm³/mol. The lowest BCUT2D eigenvalue weighted by Crippen LogP contribution is -2.36. The first-order valence-corrected chi connectivity index (χ1v) is 12.2. The average Bonchev–Trinajstić information content (AvgIpc) is 3.30. The fourth-order valence-electron chi connectivity index (χ4n) is 3.29. The van der Waals surface area contributed by atoms with Crippen LogP contribution in [0.4, 0.5) is 11.5 Å². The number of hydrogen-bond acceptors (Lipinski definition) is 9. The van der Waals surface area contributed by atoms with E-state index in [9.17, 15) is 0 Å². The van der Waals surface area contributed by atoms with Crippen molar-refractivity contribution in [3.05, 3.63) is 52.7 Å². The van der Waals surface area contributed by atoms with Gasteiger partial charge in [0.2, 0.25) is 0 Å². The molecule has 9 heteroatoms. The number of ether oxygens (including phenoxy) is 2. The van der Waals surface area contributed by atoms with Crippen LogP contribution in [0.1, 0.15) is 23.2 Å². The molecule has 2 aromatic heterocycles. The Morgan fingerprint density at radius 3 is 2.84 bits per heavy atom. The van der Waals surface area contributed by atoms with Crippen LogP contribution >= 0.6 is 23.1 Å². The number of hydrogen-bond donors (Lipinski definition) is 1. The van der Waals surface area contributed by atoms with Crippen molar-refractivity contribution < 1.29 is 9.47 Å². The van der Waals surface area contributed by atoms with E-state index in [0.29, 0.717) is 6.54 Å². The molecule has 0 atom stereocenters. The number of nitrogens with zero attached hydrogens (tertiary/aromatic N) is 4. The summed E-state index contributed by atoms with van der Waals surface area (Å²) >= 11 is 3.35. The lowest BCUT2D eigenvalue weighted by Gasteiger charge is -2.29. The lowest BCUT2D eigenvalue weighted by molar-refractivity contribution is 0.122. The van der Waals surface area contributed by atoms with Gasteiger partial charge in [-0.25, -0.2) is 4.98 Å². The summed E-state index contributed by atoms with van der Waals surface area (Å²) < 4.78 is 11.8. The molecule has 1 fully saturated rings. The number of rotatable bonds is 9. The van der Waals surface area contributed by atoms with Crippen LogP contribution in [0.5, 0.6) is 5.75 Å². The van der Waals surface area contributed by atoms with Gasteiger partial charge >= 0.3 is 0 Å². The standard InChI is InChI=1S/C22H27N5O2S2/c1-3-21-25-26-22(31-21)30-15-17-12-18(27-7-9-29-10-8-27)13-20(24-17)23-14-16-5-4-6-19(11-16)28-2/h4-6,11-13H,3,7-10,14-15H2,1-2H3,(H,23,24). The van der Waals surface area contributed by atoms with E-state index in [4.69, 9.17) is 14.5 Å². The maximum absolute atomic E-state index is 5.52. The Hall–Kier alpha value is -2.36. The van der Waals surface area contributed by atoms with Gasteiger partial charge in [-0.2, -0.15) is 0 Å². The van der Waals surface area contributed by atoms with Gasteiger partial charge < -0.3 is 19.7 Å². The Morgan fingerprint density at radius 2 is 2.06 bits per heavy atom. The van der Waals surface area contributed by atoms with Crippen LogP contribution < -0.4 is 15.0 Å². The number of pyridine rings is 1. The summed E-state index contributed by atoms with van der Waals surface area (Å²) in [6, 6.07) is 12.4. The molecule has 0 aliphatic carbocycles. The van der Waals surface area contributed by atoms with E-state index in [1.54, 1.807) is 30.2 Å². The molecular weight excluding hydrogens is 430 g/mol. The van der Waals surface area contributed by atoms with E-state index in [1.165, 1.54) is 5.69 Å². The van der Waals surface area contributed by atoms with E-state index in [0.717, 1.165) is 70.6 Å². The fourth-order valence-corrected chi connectivity index (χ4v) is 5.02. The first kappa shape index (κ1) is 21.9. The van der Waals surface area contributed by atoms with Gasteiger partial charge in [0.25, 0.3) is 0 Å². The van der Waals surface area contributed by atoms with E-state index >= 15 is 0 Å². The maximum Gasteiger partial charge on any atom is 0.174 e. The molecule has 4 rings (SSSR count). The first-order chi connectivity index (χ1) is 15.2. The molecule has 164 valence electrons. The van der Waals surface area contributed by atoms with Crippen molar-refractivity contribution in [3.8, 4) is 5.75 Å². The van der Waals surface area contributed by atoms with Crippen LogP contribution in [0.15, 0.2) is 40.7 Å². The predicted octanol–water partition coefficient (Wildman–Crippen LogP) is 4.25. The number of aromatic nitrogens is 3. The van der Waals surface area contributed by atoms with Gasteiger partial charge in [0.15, 0.2) is 4.34 Å². The van der Waals surface area contributed by atoms with Gasteiger partial charge in [0.1, 0.15) is 16.6 Å². The zero-order valence-electron chi connectivity index (χ0n) is 17.8. The molecule has 0 spiro atoms. The second kappa shape index (κ2) is 10.8. The molecule has 3 heterocycles. The Balaban J connectivity index is 1.50. The van der Waals surface area contributed by atoms with Crippen molar-refractivity contribution in [2.24, 2.45) is 0 Å². The van der Waals surface area contributed by atoms with E-state index in [2.05, 4.69) is 45.5 Å². The molecule has 0 saturated carbocycles. The lowest BCUT2D eigenvalue weighted by atomic mass is 10.2. The van der Waals surface area contributed by atoms with Crippen molar-refractivity contribution in [1.29, 1.82) is 0 Å². The second-order valence-corrected chi connectivity index (χ2v) is 9.39. The van der Waals surface area contributed by atoms with Gasteiger partial charge in [0, 0.05) is 37.1 Å². The van der Waals surface area contributed by atoms with Crippen molar-refractivity contribution >= 4 is 34.6 Å². The summed E-state index contributed by atoms with van der Waals surface area (Å²) in [6.45, 7) is 6.07. The third-order valence-electron chi connectivity index (χ3n) is 4.94. The topological polar surface area (TPSA) is 72.4 Å². The Labute approximate surface area is 191 Å².